The fourth-order valence-corrected chi connectivity index (χ4v) is 2.55. The molecule has 0 atom stereocenters. The summed E-state index contributed by atoms with van der Waals surface area (Å²) in [5.74, 6) is 1.51. The van der Waals surface area contributed by atoms with Crippen molar-refractivity contribution >= 4 is 21.6 Å². The molecule has 0 bridgehead atoms. The molecule has 0 N–H and O–H groups in total. The summed E-state index contributed by atoms with van der Waals surface area (Å²) >= 11 is 0. The Morgan fingerprint density at radius 3 is 2.75 bits per heavy atom. The average molecular weight is 284 g/mol. The molecule has 4 nitrogen and oxygen atoms in total. The van der Waals surface area contributed by atoms with Gasteiger partial charge in [-0.05, 0) is 25.1 Å². The Bertz CT molecular complexity index is 628. The molecule has 20 heavy (non-hydrogen) atoms. The lowest BCUT2D eigenvalue weighted by molar-refractivity contribution is -0.680. The highest BCUT2D eigenvalue weighted by Gasteiger charge is 2.33. The summed E-state index contributed by atoms with van der Waals surface area (Å²) in [4.78, 5) is 0. The van der Waals surface area contributed by atoms with Crippen LogP contribution in [0.3, 0.4) is 0 Å². The highest BCUT2D eigenvalue weighted by atomic mass is 28.3. The molecule has 1 aliphatic rings. The van der Waals surface area contributed by atoms with Crippen LogP contribution in [0.15, 0.2) is 54.6 Å². The number of hydrogen-bond acceptors (Lipinski definition) is 3. The number of hydrogen-bond donors (Lipinski definition) is 0. The van der Waals surface area contributed by atoms with E-state index in [2.05, 4.69) is 0 Å². The van der Waals surface area contributed by atoms with Gasteiger partial charge in [0, 0.05) is 16.9 Å². The highest BCUT2D eigenvalue weighted by molar-refractivity contribution is 6.25. The van der Waals surface area contributed by atoms with Gasteiger partial charge >= 0.3 is 15.9 Å². The Morgan fingerprint density at radius 2 is 1.95 bits per heavy atom. The number of rotatable bonds is 4. The first-order valence-corrected chi connectivity index (χ1v) is 7.24. The topological polar surface area (TPSA) is 30.7 Å². The standard InChI is InChI=1S/C15H14NO3Si/c1-2-17-14-10-6-7-12(11-14)15-16(19-20-18-15)13-8-4-3-5-9-13/h3-11H,2H2,1H3/q+1. The molecule has 0 saturated carbocycles. The molecule has 100 valence electrons. The van der Waals surface area contributed by atoms with Crippen LogP contribution in [-0.2, 0) is 8.95 Å². The summed E-state index contributed by atoms with van der Waals surface area (Å²) in [5.41, 5.74) is 1.87. The zero-order chi connectivity index (χ0) is 13.8. The van der Waals surface area contributed by atoms with Crippen LogP contribution < -0.4 is 4.74 Å². The molecule has 0 saturated heterocycles. The van der Waals surface area contributed by atoms with E-state index in [-0.39, 0.29) is 10.0 Å². The Morgan fingerprint density at radius 1 is 1.10 bits per heavy atom. The third-order valence-corrected chi connectivity index (χ3v) is 3.37. The van der Waals surface area contributed by atoms with E-state index < -0.39 is 0 Å². The first-order chi connectivity index (χ1) is 9.88. The molecular formula is C15H14NO3Si+. The van der Waals surface area contributed by atoms with E-state index in [9.17, 15) is 0 Å². The second-order valence-corrected chi connectivity index (χ2v) is 4.73. The van der Waals surface area contributed by atoms with E-state index in [1.54, 1.807) is 4.74 Å². The van der Waals surface area contributed by atoms with Gasteiger partial charge in [-0.3, -0.25) is 4.53 Å². The summed E-state index contributed by atoms with van der Waals surface area (Å²) in [6, 6.07) is 17.7. The van der Waals surface area contributed by atoms with Crippen molar-refractivity contribution in [3.63, 3.8) is 0 Å². The number of para-hydroxylation sites is 1. The average Bonchev–Trinajstić information content (AvgIpc) is 2.98. The zero-order valence-corrected chi connectivity index (χ0v) is 12.1. The van der Waals surface area contributed by atoms with Gasteiger partial charge in [-0.1, -0.05) is 24.3 Å². The molecule has 5 heteroatoms. The first kappa shape index (κ1) is 12.7. The van der Waals surface area contributed by atoms with E-state index in [0.717, 1.165) is 17.0 Å². The van der Waals surface area contributed by atoms with E-state index in [1.807, 2.05) is 61.5 Å². The second kappa shape index (κ2) is 5.79. The van der Waals surface area contributed by atoms with E-state index in [4.69, 9.17) is 13.7 Å². The maximum Gasteiger partial charge on any atom is 0.701 e. The quantitative estimate of drug-likeness (QED) is 0.639. The van der Waals surface area contributed by atoms with Gasteiger partial charge < -0.3 is 9.16 Å². The van der Waals surface area contributed by atoms with Gasteiger partial charge in [0.1, 0.15) is 5.75 Å². The van der Waals surface area contributed by atoms with Crippen molar-refractivity contribution in [2.45, 2.75) is 6.92 Å². The smallest absolute Gasteiger partial charge is 0.494 e. The minimum Gasteiger partial charge on any atom is -0.494 e. The maximum atomic E-state index is 5.63. The van der Waals surface area contributed by atoms with Crippen molar-refractivity contribution in [3.05, 3.63) is 60.2 Å². The maximum absolute atomic E-state index is 5.63. The Balaban J connectivity index is 2.01. The third kappa shape index (κ3) is 2.53. The van der Waals surface area contributed by atoms with Crippen LogP contribution in [0.2, 0.25) is 0 Å². The van der Waals surface area contributed by atoms with Crippen molar-refractivity contribution < 1.29 is 18.4 Å². The van der Waals surface area contributed by atoms with Crippen molar-refractivity contribution in [1.29, 1.82) is 0 Å². The molecule has 2 aromatic rings. The number of benzene rings is 2. The fraction of sp³-hybridized carbons (Fsp3) is 0.133. The molecular weight excluding hydrogens is 270 g/mol. The summed E-state index contributed by atoms with van der Waals surface area (Å²) in [5, 5.41) is 0. The molecule has 0 aliphatic carbocycles. The lowest BCUT2D eigenvalue weighted by Gasteiger charge is -2.03. The molecule has 0 unspecified atom stereocenters. The van der Waals surface area contributed by atoms with Crippen LogP contribution in [0, 0.1) is 0 Å². The number of ether oxygens (including phenoxy) is 1. The fourth-order valence-electron chi connectivity index (χ4n) is 1.97. The molecule has 1 aliphatic heterocycles. The molecule has 3 rings (SSSR count). The van der Waals surface area contributed by atoms with Gasteiger partial charge in [-0.2, -0.15) is 0 Å². The molecule has 0 spiro atoms. The van der Waals surface area contributed by atoms with Gasteiger partial charge in [0.25, 0.3) is 5.69 Å². The Labute approximate surface area is 120 Å². The predicted molar refractivity (Wildman–Crippen MR) is 76.0 cm³/mol. The summed E-state index contributed by atoms with van der Waals surface area (Å²) in [6.07, 6.45) is 0. The molecule has 0 amide bonds. The van der Waals surface area contributed by atoms with Crippen LogP contribution in [0.4, 0.5) is 5.69 Å². The zero-order valence-electron chi connectivity index (χ0n) is 11.1. The van der Waals surface area contributed by atoms with Crippen LogP contribution >= 0.6 is 0 Å². The molecule has 2 aromatic carbocycles. The minimum atomic E-state index is -0.0339. The normalized spacial score (nSPS) is 13.8. The lowest BCUT2D eigenvalue weighted by atomic mass is 10.2. The Kier molecular flexibility index (Phi) is 3.69. The van der Waals surface area contributed by atoms with Crippen molar-refractivity contribution in [1.82, 2.24) is 0 Å². The first-order valence-electron chi connectivity index (χ1n) is 6.42. The molecule has 0 fully saturated rings. The van der Waals surface area contributed by atoms with Crippen molar-refractivity contribution in [3.8, 4) is 5.75 Å². The number of nitrogens with zero attached hydrogens (tertiary/aromatic N) is 1. The van der Waals surface area contributed by atoms with E-state index in [0.29, 0.717) is 12.5 Å². The molecule has 1 heterocycles. The van der Waals surface area contributed by atoms with Crippen LogP contribution in [0.25, 0.3) is 0 Å². The lowest BCUT2D eigenvalue weighted by Crippen LogP contribution is -2.11. The van der Waals surface area contributed by atoms with Gasteiger partial charge in [-0.15, -0.1) is 0 Å². The predicted octanol–water partition coefficient (Wildman–Crippen LogP) is 2.67. The molecule has 2 radical (unpaired) electrons. The van der Waals surface area contributed by atoms with E-state index >= 15 is 0 Å². The summed E-state index contributed by atoms with van der Waals surface area (Å²) in [7, 11) is -0.0339. The van der Waals surface area contributed by atoms with Gasteiger partial charge in [0.2, 0.25) is 0 Å². The van der Waals surface area contributed by atoms with Crippen molar-refractivity contribution in [2.24, 2.45) is 0 Å². The van der Waals surface area contributed by atoms with Gasteiger partial charge in [0.05, 0.1) is 12.2 Å². The SMILES string of the molecule is CCOc1cccc(C2=[N+](c3ccccc3)O[Si]O2)c1. The largest absolute Gasteiger partial charge is 0.701 e. The van der Waals surface area contributed by atoms with Crippen molar-refractivity contribution in [2.75, 3.05) is 6.61 Å². The van der Waals surface area contributed by atoms with E-state index in [1.165, 1.54) is 0 Å². The summed E-state index contributed by atoms with van der Waals surface area (Å²) in [6.45, 7) is 2.60. The summed E-state index contributed by atoms with van der Waals surface area (Å²) < 4.78 is 18.4. The highest BCUT2D eigenvalue weighted by Crippen LogP contribution is 2.20. The Hall–Kier alpha value is -2.27. The monoisotopic (exact) mass is 284 g/mol. The van der Waals surface area contributed by atoms with Crippen LogP contribution in [0.5, 0.6) is 5.75 Å². The third-order valence-electron chi connectivity index (χ3n) is 2.83. The second-order valence-electron chi connectivity index (χ2n) is 4.17. The van der Waals surface area contributed by atoms with Crippen LogP contribution in [0.1, 0.15) is 12.5 Å². The van der Waals surface area contributed by atoms with Gasteiger partial charge in [0.15, 0.2) is 0 Å². The van der Waals surface area contributed by atoms with Crippen LogP contribution in [-0.4, -0.2) is 27.3 Å². The molecule has 0 aromatic heterocycles. The van der Waals surface area contributed by atoms with Gasteiger partial charge in [-0.25, -0.2) is 0 Å². The minimum absolute atomic E-state index is 0.0339.